The molecule has 9 nitrogen and oxygen atoms in total. The van der Waals surface area contributed by atoms with Crippen molar-refractivity contribution in [3.05, 3.63) is 41.6 Å². The van der Waals surface area contributed by atoms with Crippen LogP contribution in [0, 0.1) is 5.92 Å². The third-order valence-corrected chi connectivity index (χ3v) is 8.60. The number of hydrogen-bond acceptors (Lipinski definition) is 8. The first kappa shape index (κ1) is 22.4. The molecular formula is C21H24N4O5S2. The lowest BCUT2D eigenvalue weighted by atomic mass is 9.98. The molecule has 3 heterocycles. The van der Waals surface area contributed by atoms with E-state index in [1.807, 2.05) is 13.0 Å². The molecule has 1 aliphatic rings. The predicted octanol–water partition coefficient (Wildman–Crippen LogP) is 3.41. The molecule has 0 bridgehead atoms. The normalized spacial score (nSPS) is 17.2. The largest absolute Gasteiger partial charge is 0.495 e. The minimum absolute atomic E-state index is 0.124. The van der Waals surface area contributed by atoms with Crippen molar-refractivity contribution < 1.29 is 22.5 Å². The van der Waals surface area contributed by atoms with Gasteiger partial charge >= 0.3 is 0 Å². The number of thiophene rings is 1. The number of para-hydroxylation sites is 2. The monoisotopic (exact) mass is 476 g/mol. The van der Waals surface area contributed by atoms with E-state index in [9.17, 15) is 13.2 Å². The molecule has 1 amide bonds. The number of amides is 1. The number of nitrogens with zero attached hydrogens (tertiary/aromatic N) is 3. The fourth-order valence-corrected chi connectivity index (χ4v) is 6.40. The number of rotatable bonds is 7. The molecular weight excluding hydrogens is 452 g/mol. The van der Waals surface area contributed by atoms with Gasteiger partial charge in [-0.2, -0.15) is 9.29 Å². The third kappa shape index (κ3) is 4.54. The van der Waals surface area contributed by atoms with Crippen LogP contribution in [0.5, 0.6) is 5.75 Å². The zero-order valence-electron chi connectivity index (χ0n) is 17.8. The summed E-state index contributed by atoms with van der Waals surface area (Å²) < 4.78 is 38.5. The molecule has 1 saturated heterocycles. The van der Waals surface area contributed by atoms with Crippen LogP contribution in [0.2, 0.25) is 0 Å². The molecule has 11 heteroatoms. The lowest BCUT2D eigenvalue weighted by molar-refractivity contribution is -0.120. The summed E-state index contributed by atoms with van der Waals surface area (Å²) in [5.41, 5.74) is 1.16. The Labute approximate surface area is 190 Å². The molecule has 2 aromatic heterocycles. The summed E-state index contributed by atoms with van der Waals surface area (Å²) >= 11 is 1.11. The minimum Gasteiger partial charge on any atom is -0.495 e. The van der Waals surface area contributed by atoms with Crippen LogP contribution in [0.1, 0.15) is 25.7 Å². The van der Waals surface area contributed by atoms with E-state index in [4.69, 9.17) is 9.26 Å². The van der Waals surface area contributed by atoms with E-state index >= 15 is 0 Å². The number of carbonyl (C=O) groups is 1. The van der Waals surface area contributed by atoms with Crippen molar-refractivity contribution in [3.8, 4) is 17.1 Å². The fraction of sp³-hybridized carbons (Fsp3) is 0.381. The fourth-order valence-electron chi connectivity index (χ4n) is 3.57. The first-order chi connectivity index (χ1) is 15.4. The summed E-state index contributed by atoms with van der Waals surface area (Å²) in [6, 6.07) is 8.69. The number of sulfonamides is 1. The van der Waals surface area contributed by atoms with Crippen molar-refractivity contribution in [1.82, 2.24) is 14.4 Å². The number of aromatic nitrogens is 2. The molecule has 32 heavy (non-hydrogen) atoms. The topological polar surface area (TPSA) is 115 Å². The van der Waals surface area contributed by atoms with E-state index < -0.39 is 15.9 Å². The van der Waals surface area contributed by atoms with Gasteiger partial charge in [0.1, 0.15) is 9.96 Å². The Morgan fingerprint density at radius 3 is 2.94 bits per heavy atom. The number of nitrogens with one attached hydrogen (secondary N) is 1. The zero-order chi connectivity index (χ0) is 22.7. The van der Waals surface area contributed by atoms with Gasteiger partial charge in [0.2, 0.25) is 17.6 Å². The highest BCUT2D eigenvalue weighted by molar-refractivity contribution is 7.91. The first-order valence-electron chi connectivity index (χ1n) is 10.3. The zero-order valence-corrected chi connectivity index (χ0v) is 19.4. The van der Waals surface area contributed by atoms with E-state index in [-0.39, 0.29) is 16.7 Å². The molecule has 0 unspecified atom stereocenters. The van der Waals surface area contributed by atoms with Gasteiger partial charge in [-0.3, -0.25) is 4.79 Å². The van der Waals surface area contributed by atoms with Gasteiger partial charge in [-0.1, -0.05) is 24.2 Å². The highest BCUT2D eigenvalue weighted by Crippen LogP contribution is 2.32. The molecule has 0 aliphatic carbocycles. The molecule has 1 aliphatic heterocycles. The van der Waals surface area contributed by atoms with Crippen LogP contribution in [-0.4, -0.2) is 49.0 Å². The predicted molar refractivity (Wildman–Crippen MR) is 120 cm³/mol. The van der Waals surface area contributed by atoms with Gasteiger partial charge in [0.05, 0.1) is 18.7 Å². The number of carbonyl (C=O) groups excluding carboxylic acids is 1. The van der Waals surface area contributed by atoms with Crippen LogP contribution in [-0.2, 0) is 21.2 Å². The van der Waals surface area contributed by atoms with Crippen molar-refractivity contribution in [2.75, 3.05) is 25.5 Å². The van der Waals surface area contributed by atoms with Crippen molar-refractivity contribution in [2.24, 2.45) is 5.92 Å². The first-order valence-corrected chi connectivity index (χ1v) is 12.6. The van der Waals surface area contributed by atoms with E-state index in [0.29, 0.717) is 54.5 Å². The van der Waals surface area contributed by atoms with Gasteiger partial charge in [0.25, 0.3) is 10.0 Å². The Balaban J connectivity index is 1.48. The van der Waals surface area contributed by atoms with Gasteiger partial charge in [-0.05, 0) is 31.0 Å². The van der Waals surface area contributed by atoms with Crippen LogP contribution in [0.25, 0.3) is 11.4 Å². The van der Waals surface area contributed by atoms with Crippen LogP contribution >= 0.6 is 11.3 Å². The SMILES string of the molecule is CCc1nc(-c2csc(S(=O)(=O)N3CCC[C@H](C(=O)Nc4ccccc4OC)C3)c2)no1. The Morgan fingerprint density at radius 1 is 1.38 bits per heavy atom. The van der Waals surface area contributed by atoms with Crippen LogP contribution < -0.4 is 10.1 Å². The molecule has 0 saturated carbocycles. The number of hydrogen-bond donors (Lipinski definition) is 1. The molecule has 3 aromatic rings. The van der Waals surface area contributed by atoms with Crippen LogP contribution in [0.4, 0.5) is 5.69 Å². The summed E-state index contributed by atoms with van der Waals surface area (Å²) in [7, 11) is -2.20. The van der Waals surface area contributed by atoms with E-state index in [0.717, 1.165) is 11.3 Å². The van der Waals surface area contributed by atoms with E-state index in [2.05, 4.69) is 15.5 Å². The molecule has 170 valence electrons. The molecule has 4 rings (SSSR count). The van der Waals surface area contributed by atoms with Crippen LogP contribution in [0.3, 0.4) is 0 Å². The third-order valence-electron chi connectivity index (χ3n) is 5.32. The average Bonchev–Trinajstić information content (AvgIpc) is 3.49. The molecule has 1 N–H and O–H groups in total. The van der Waals surface area contributed by atoms with Crippen molar-refractivity contribution >= 4 is 33.0 Å². The highest BCUT2D eigenvalue weighted by atomic mass is 32.2. The Kier molecular flexibility index (Phi) is 6.58. The molecule has 0 radical (unpaired) electrons. The second kappa shape index (κ2) is 9.39. The second-order valence-electron chi connectivity index (χ2n) is 7.41. The maximum atomic E-state index is 13.2. The summed E-state index contributed by atoms with van der Waals surface area (Å²) in [4.78, 5) is 17.1. The van der Waals surface area contributed by atoms with Gasteiger partial charge in [-0.25, -0.2) is 8.42 Å². The number of anilines is 1. The summed E-state index contributed by atoms with van der Waals surface area (Å²) in [6.07, 6.45) is 1.83. The lowest BCUT2D eigenvalue weighted by Gasteiger charge is -2.30. The van der Waals surface area contributed by atoms with Gasteiger partial charge < -0.3 is 14.6 Å². The van der Waals surface area contributed by atoms with E-state index in [1.54, 1.807) is 29.6 Å². The average molecular weight is 477 g/mol. The van der Waals surface area contributed by atoms with Gasteiger partial charge in [0, 0.05) is 30.5 Å². The molecule has 1 atom stereocenters. The highest BCUT2D eigenvalue weighted by Gasteiger charge is 2.34. The Morgan fingerprint density at radius 2 is 2.19 bits per heavy atom. The number of piperidine rings is 1. The summed E-state index contributed by atoms with van der Waals surface area (Å²) in [5, 5.41) is 8.47. The standard InChI is InChI=1S/C21H24N4O5S2/c1-3-18-23-20(24-30-18)15-11-19(31-13-15)32(27,28)25-10-6-7-14(12-25)21(26)22-16-8-4-5-9-17(16)29-2/h4-5,8-9,11,13-14H,3,6-7,10,12H2,1-2H3,(H,22,26)/t14-/m0/s1. The Hall–Kier alpha value is -2.76. The smallest absolute Gasteiger partial charge is 0.252 e. The van der Waals surface area contributed by atoms with Gasteiger partial charge in [0.15, 0.2) is 0 Å². The maximum Gasteiger partial charge on any atom is 0.252 e. The maximum absolute atomic E-state index is 13.2. The number of methoxy groups -OCH3 is 1. The lowest BCUT2D eigenvalue weighted by Crippen LogP contribution is -2.43. The van der Waals surface area contributed by atoms with Crippen LogP contribution in [0.15, 0.2) is 44.4 Å². The van der Waals surface area contributed by atoms with Crippen molar-refractivity contribution in [2.45, 2.75) is 30.4 Å². The summed E-state index contributed by atoms with van der Waals surface area (Å²) in [5.74, 6) is 0.745. The quantitative estimate of drug-likeness (QED) is 0.556. The van der Waals surface area contributed by atoms with Crippen molar-refractivity contribution in [3.63, 3.8) is 0 Å². The summed E-state index contributed by atoms with van der Waals surface area (Å²) in [6.45, 7) is 2.40. The number of aryl methyl sites for hydroxylation is 1. The molecule has 1 fully saturated rings. The number of benzene rings is 1. The second-order valence-corrected chi connectivity index (χ2v) is 10.5. The van der Waals surface area contributed by atoms with E-state index in [1.165, 1.54) is 11.4 Å². The van der Waals surface area contributed by atoms with Gasteiger partial charge in [-0.15, -0.1) is 11.3 Å². The molecule has 1 aromatic carbocycles. The minimum atomic E-state index is -3.74. The Bertz CT molecular complexity index is 1200. The number of ether oxygens (including phenoxy) is 1. The van der Waals surface area contributed by atoms with Crippen molar-refractivity contribution in [1.29, 1.82) is 0 Å². The molecule has 0 spiro atoms.